The second-order valence-corrected chi connectivity index (χ2v) is 3.40. The van der Waals surface area contributed by atoms with Gasteiger partial charge in [0.1, 0.15) is 5.54 Å². The summed E-state index contributed by atoms with van der Waals surface area (Å²) >= 11 is 0. The zero-order chi connectivity index (χ0) is 11.4. The van der Waals surface area contributed by atoms with Crippen molar-refractivity contribution in [1.82, 2.24) is 0 Å². The highest BCUT2D eigenvalue weighted by Gasteiger charge is 2.40. The van der Waals surface area contributed by atoms with E-state index in [1.165, 1.54) is 0 Å². The van der Waals surface area contributed by atoms with Crippen LogP contribution in [0.4, 0.5) is 0 Å². The molecule has 5 heteroatoms. The van der Waals surface area contributed by atoms with Gasteiger partial charge < -0.3 is 15.9 Å². The minimum atomic E-state index is -1.42. The van der Waals surface area contributed by atoms with E-state index in [4.69, 9.17) is 15.9 Å². The first-order valence-corrected chi connectivity index (χ1v) is 4.62. The molecule has 2 atom stereocenters. The minimum Gasteiger partial charge on any atom is -0.481 e. The van der Waals surface area contributed by atoms with Crippen LogP contribution in [0.5, 0.6) is 0 Å². The van der Waals surface area contributed by atoms with Crippen LogP contribution in [0.1, 0.15) is 33.1 Å². The molecule has 0 bridgehead atoms. The van der Waals surface area contributed by atoms with E-state index in [-0.39, 0.29) is 12.8 Å². The van der Waals surface area contributed by atoms with Gasteiger partial charge in [-0.25, -0.2) is 0 Å². The van der Waals surface area contributed by atoms with Gasteiger partial charge >= 0.3 is 11.9 Å². The zero-order valence-electron chi connectivity index (χ0n) is 8.49. The fraction of sp³-hybridized carbons (Fsp3) is 0.778. The molecule has 0 aliphatic rings. The van der Waals surface area contributed by atoms with E-state index < -0.39 is 23.4 Å². The number of nitrogens with two attached hydrogens (primary N) is 1. The van der Waals surface area contributed by atoms with Gasteiger partial charge in [-0.1, -0.05) is 20.3 Å². The Morgan fingerprint density at radius 3 is 2.07 bits per heavy atom. The molecule has 0 aromatic carbocycles. The van der Waals surface area contributed by atoms with Gasteiger partial charge in [0.05, 0.1) is 6.42 Å². The lowest BCUT2D eigenvalue weighted by Gasteiger charge is -2.31. The van der Waals surface area contributed by atoms with Crippen molar-refractivity contribution in [3.05, 3.63) is 0 Å². The average Bonchev–Trinajstić information content (AvgIpc) is 2.12. The lowest BCUT2D eigenvalue weighted by atomic mass is 9.79. The standard InChI is InChI=1S/C9H17NO4/c1-3-6(5-7(11)12)9(10,4-2)8(13)14/h6H,3-5,10H2,1-2H3,(H,11,12)(H,13,14)/t6?,9-/m0/s1. The van der Waals surface area contributed by atoms with Crippen LogP contribution in [0, 0.1) is 5.92 Å². The summed E-state index contributed by atoms with van der Waals surface area (Å²) in [6, 6.07) is 0. The highest BCUT2D eigenvalue weighted by molar-refractivity contribution is 5.80. The second-order valence-electron chi connectivity index (χ2n) is 3.40. The van der Waals surface area contributed by atoms with Crippen molar-refractivity contribution < 1.29 is 19.8 Å². The third kappa shape index (κ3) is 2.70. The van der Waals surface area contributed by atoms with Crippen molar-refractivity contribution in [2.45, 2.75) is 38.6 Å². The Morgan fingerprint density at radius 2 is 1.86 bits per heavy atom. The second kappa shape index (κ2) is 4.95. The lowest BCUT2D eigenvalue weighted by molar-refractivity contribution is -0.147. The summed E-state index contributed by atoms with van der Waals surface area (Å²) in [4.78, 5) is 21.4. The van der Waals surface area contributed by atoms with Crippen molar-refractivity contribution in [3.63, 3.8) is 0 Å². The maximum atomic E-state index is 10.9. The van der Waals surface area contributed by atoms with Gasteiger partial charge in [-0.2, -0.15) is 0 Å². The molecule has 0 spiro atoms. The van der Waals surface area contributed by atoms with Gasteiger partial charge in [0, 0.05) is 0 Å². The summed E-state index contributed by atoms with van der Waals surface area (Å²) in [7, 11) is 0. The van der Waals surface area contributed by atoms with Crippen LogP contribution in [0.2, 0.25) is 0 Å². The molecule has 0 rings (SSSR count). The molecule has 0 aromatic heterocycles. The van der Waals surface area contributed by atoms with Crippen LogP contribution in [-0.4, -0.2) is 27.7 Å². The first kappa shape index (κ1) is 12.9. The van der Waals surface area contributed by atoms with Crippen LogP contribution < -0.4 is 5.73 Å². The van der Waals surface area contributed by atoms with Crippen molar-refractivity contribution in [1.29, 1.82) is 0 Å². The topological polar surface area (TPSA) is 101 Å². The number of hydrogen-bond donors (Lipinski definition) is 3. The first-order valence-electron chi connectivity index (χ1n) is 4.62. The number of carboxylic acids is 2. The summed E-state index contributed by atoms with van der Waals surface area (Å²) in [6.07, 6.45) is 0.476. The highest BCUT2D eigenvalue weighted by Crippen LogP contribution is 2.25. The zero-order valence-corrected chi connectivity index (χ0v) is 8.49. The summed E-state index contributed by atoms with van der Waals surface area (Å²) in [5, 5.41) is 17.5. The first-order chi connectivity index (χ1) is 6.38. The average molecular weight is 203 g/mol. The minimum absolute atomic E-state index is 0.201. The maximum absolute atomic E-state index is 10.9. The summed E-state index contributed by atoms with van der Waals surface area (Å²) in [5.41, 5.74) is 4.26. The van der Waals surface area contributed by atoms with Crippen LogP contribution >= 0.6 is 0 Å². The fourth-order valence-corrected chi connectivity index (χ4v) is 1.52. The van der Waals surface area contributed by atoms with E-state index in [2.05, 4.69) is 0 Å². The SMILES string of the molecule is CCC(CC(=O)O)[C@@](N)(CC)C(=O)O. The van der Waals surface area contributed by atoms with Crippen LogP contribution in [0.15, 0.2) is 0 Å². The third-order valence-corrected chi connectivity index (χ3v) is 2.63. The molecular formula is C9H17NO4. The van der Waals surface area contributed by atoms with Crippen LogP contribution in [0.3, 0.4) is 0 Å². The van der Waals surface area contributed by atoms with E-state index in [1.807, 2.05) is 0 Å². The smallest absolute Gasteiger partial charge is 0.323 e. The molecule has 14 heavy (non-hydrogen) atoms. The highest BCUT2D eigenvalue weighted by atomic mass is 16.4. The summed E-state index contributed by atoms with van der Waals surface area (Å²) in [5.74, 6) is -2.67. The Bertz CT molecular complexity index is 229. The van der Waals surface area contributed by atoms with E-state index in [9.17, 15) is 9.59 Å². The largest absolute Gasteiger partial charge is 0.481 e. The molecule has 0 aromatic rings. The molecule has 0 aliphatic carbocycles. The number of carboxylic acid groups (broad SMARTS) is 2. The quantitative estimate of drug-likeness (QED) is 0.589. The molecule has 1 unspecified atom stereocenters. The third-order valence-electron chi connectivity index (χ3n) is 2.63. The molecule has 4 N–H and O–H groups in total. The summed E-state index contributed by atoms with van der Waals surface area (Å²) in [6.45, 7) is 3.40. The monoisotopic (exact) mass is 203 g/mol. The van der Waals surface area contributed by atoms with Gasteiger partial charge in [-0.15, -0.1) is 0 Å². The Hall–Kier alpha value is -1.10. The number of aliphatic carboxylic acids is 2. The molecular weight excluding hydrogens is 186 g/mol. The summed E-state index contributed by atoms with van der Waals surface area (Å²) < 4.78 is 0. The van der Waals surface area contributed by atoms with Gasteiger partial charge in [0.15, 0.2) is 0 Å². The molecule has 0 saturated heterocycles. The van der Waals surface area contributed by atoms with E-state index in [1.54, 1.807) is 13.8 Å². The lowest BCUT2D eigenvalue weighted by Crippen LogP contribution is -2.54. The Morgan fingerprint density at radius 1 is 1.36 bits per heavy atom. The Balaban J connectivity index is 4.77. The normalized spacial score (nSPS) is 17.1. The molecule has 0 aliphatic heterocycles. The number of carbonyl (C=O) groups is 2. The van der Waals surface area contributed by atoms with E-state index in [0.29, 0.717) is 6.42 Å². The predicted octanol–water partition coefficient (Wildman–Crippen LogP) is 0.679. The molecule has 0 radical (unpaired) electrons. The van der Waals surface area contributed by atoms with Gasteiger partial charge in [-0.3, -0.25) is 9.59 Å². The van der Waals surface area contributed by atoms with E-state index >= 15 is 0 Å². The van der Waals surface area contributed by atoms with Gasteiger partial charge in [-0.05, 0) is 12.3 Å². The molecule has 0 heterocycles. The van der Waals surface area contributed by atoms with Crippen molar-refractivity contribution >= 4 is 11.9 Å². The molecule has 0 amide bonds. The number of rotatable bonds is 6. The van der Waals surface area contributed by atoms with Crippen molar-refractivity contribution in [3.8, 4) is 0 Å². The van der Waals surface area contributed by atoms with Crippen molar-refractivity contribution in [2.24, 2.45) is 11.7 Å². The molecule has 0 saturated carbocycles. The van der Waals surface area contributed by atoms with Gasteiger partial charge in [0.2, 0.25) is 0 Å². The molecule has 5 nitrogen and oxygen atoms in total. The van der Waals surface area contributed by atoms with Crippen molar-refractivity contribution in [2.75, 3.05) is 0 Å². The van der Waals surface area contributed by atoms with E-state index in [0.717, 1.165) is 0 Å². The Kier molecular flexibility index (Phi) is 4.56. The predicted molar refractivity (Wildman–Crippen MR) is 50.9 cm³/mol. The van der Waals surface area contributed by atoms with Crippen LogP contribution in [-0.2, 0) is 9.59 Å². The number of hydrogen-bond acceptors (Lipinski definition) is 3. The van der Waals surface area contributed by atoms with Crippen LogP contribution in [0.25, 0.3) is 0 Å². The molecule has 0 fully saturated rings. The van der Waals surface area contributed by atoms with Gasteiger partial charge in [0.25, 0.3) is 0 Å². The maximum Gasteiger partial charge on any atom is 0.323 e. The molecule has 82 valence electrons. The fourth-order valence-electron chi connectivity index (χ4n) is 1.52. The Labute approximate surface area is 82.9 Å².